The van der Waals surface area contributed by atoms with Gasteiger partial charge in [0.1, 0.15) is 5.82 Å². The number of nitrogens with zero attached hydrogens (tertiary/aromatic N) is 2. The highest BCUT2D eigenvalue weighted by atomic mass is 32.2. The molecule has 0 saturated carbocycles. The number of rotatable bonds is 8. The number of halogens is 1. The average Bonchev–Trinajstić information content (AvgIpc) is 2.72. The summed E-state index contributed by atoms with van der Waals surface area (Å²) in [6.45, 7) is 3.47. The van der Waals surface area contributed by atoms with Crippen LogP contribution in [0.1, 0.15) is 34.6 Å². The molecule has 10 heteroatoms. The van der Waals surface area contributed by atoms with E-state index in [1.807, 2.05) is 0 Å². The minimum atomic E-state index is -3.91. The molecule has 0 unspecified atom stereocenters. The summed E-state index contributed by atoms with van der Waals surface area (Å²) in [5.74, 6) is -1.15. The van der Waals surface area contributed by atoms with Gasteiger partial charge in [0.25, 0.3) is 10.0 Å². The SMILES string of the molecule is Cc1cc(C)nc(NS(=O)(=O)c2ccc(NC(=O)CCC(=O)c3ccc(F)cc3)cc2)n1. The molecule has 8 nitrogen and oxygen atoms in total. The molecule has 1 amide bonds. The van der Waals surface area contributed by atoms with Crippen molar-refractivity contribution in [2.45, 2.75) is 31.6 Å². The number of aryl methyl sites for hydroxylation is 2. The van der Waals surface area contributed by atoms with Gasteiger partial charge in [0.05, 0.1) is 4.90 Å². The number of hydrogen-bond donors (Lipinski definition) is 2. The Balaban J connectivity index is 1.58. The molecule has 0 atom stereocenters. The molecule has 0 spiro atoms. The molecule has 0 bridgehead atoms. The molecule has 0 radical (unpaired) electrons. The number of aromatic nitrogens is 2. The van der Waals surface area contributed by atoms with Gasteiger partial charge in [0, 0.05) is 35.5 Å². The summed E-state index contributed by atoms with van der Waals surface area (Å²) in [5.41, 5.74) is 1.97. The van der Waals surface area contributed by atoms with Crippen LogP contribution < -0.4 is 10.0 Å². The molecule has 2 N–H and O–H groups in total. The minimum absolute atomic E-state index is 0.0225. The van der Waals surface area contributed by atoms with Gasteiger partial charge in [-0.25, -0.2) is 27.5 Å². The molecule has 3 aromatic rings. The monoisotopic (exact) mass is 456 g/mol. The van der Waals surface area contributed by atoms with Crippen molar-refractivity contribution in [3.8, 4) is 0 Å². The van der Waals surface area contributed by atoms with Crippen LogP contribution in [0.5, 0.6) is 0 Å². The van der Waals surface area contributed by atoms with Crippen LogP contribution in [0.4, 0.5) is 16.0 Å². The predicted octanol–water partition coefficient (Wildman–Crippen LogP) is 3.63. The van der Waals surface area contributed by atoms with Crippen LogP contribution in [0.15, 0.2) is 59.5 Å². The molecule has 3 rings (SSSR count). The van der Waals surface area contributed by atoms with Crippen molar-refractivity contribution >= 4 is 33.3 Å². The number of nitrogens with one attached hydrogen (secondary N) is 2. The fourth-order valence-corrected chi connectivity index (χ4v) is 3.84. The zero-order valence-corrected chi connectivity index (χ0v) is 18.2. The van der Waals surface area contributed by atoms with Crippen LogP contribution in [-0.4, -0.2) is 30.1 Å². The van der Waals surface area contributed by atoms with E-state index in [0.29, 0.717) is 22.6 Å². The number of Topliss-reactive ketones (excluding diaryl/α,β-unsaturated/α-hetero) is 1. The molecule has 1 heterocycles. The quantitative estimate of drug-likeness (QED) is 0.500. The van der Waals surface area contributed by atoms with E-state index >= 15 is 0 Å². The van der Waals surface area contributed by atoms with Crippen molar-refractivity contribution in [3.63, 3.8) is 0 Å². The molecule has 0 fully saturated rings. The first kappa shape index (κ1) is 23.0. The number of anilines is 2. The van der Waals surface area contributed by atoms with E-state index in [0.717, 1.165) is 0 Å². The summed E-state index contributed by atoms with van der Waals surface area (Å²) in [5, 5.41) is 2.61. The fraction of sp³-hybridized carbons (Fsp3) is 0.182. The van der Waals surface area contributed by atoms with E-state index in [9.17, 15) is 22.4 Å². The number of carbonyl (C=O) groups is 2. The number of benzene rings is 2. The normalized spacial score (nSPS) is 11.1. The maximum atomic E-state index is 12.9. The molecule has 0 aliphatic rings. The van der Waals surface area contributed by atoms with Gasteiger partial charge in [-0.15, -0.1) is 0 Å². The summed E-state index contributed by atoms with van der Waals surface area (Å²) in [7, 11) is -3.91. The highest BCUT2D eigenvalue weighted by molar-refractivity contribution is 7.92. The third kappa shape index (κ3) is 6.17. The van der Waals surface area contributed by atoms with Gasteiger partial charge in [-0.2, -0.15) is 0 Å². The average molecular weight is 456 g/mol. The molecule has 32 heavy (non-hydrogen) atoms. The number of amides is 1. The number of hydrogen-bond acceptors (Lipinski definition) is 6. The lowest BCUT2D eigenvalue weighted by Crippen LogP contribution is -2.16. The van der Waals surface area contributed by atoms with Gasteiger partial charge in [0.15, 0.2) is 5.78 Å². The lowest BCUT2D eigenvalue weighted by molar-refractivity contribution is -0.116. The van der Waals surface area contributed by atoms with Crippen molar-refractivity contribution in [2.24, 2.45) is 0 Å². The Morgan fingerprint density at radius 2 is 1.50 bits per heavy atom. The Morgan fingerprint density at radius 3 is 2.09 bits per heavy atom. The second-order valence-corrected chi connectivity index (χ2v) is 8.76. The highest BCUT2D eigenvalue weighted by Crippen LogP contribution is 2.17. The smallest absolute Gasteiger partial charge is 0.264 e. The fourth-order valence-electron chi connectivity index (χ4n) is 2.90. The van der Waals surface area contributed by atoms with Gasteiger partial charge in [-0.1, -0.05) is 0 Å². The summed E-state index contributed by atoms with van der Waals surface area (Å²) in [6.07, 6.45) is -0.106. The Morgan fingerprint density at radius 1 is 0.906 bits per heavy atom. The Labute approximate surface area is 185 Å². The van der Waals surface area contributed by atoms with Gasteiger partial charge in [0.2, 0.25) is 11.9 Å². The van der Waals surface area contributed by atoms with Gasteiger partial charge in [-0.05, 0) is 68.4 Å². The molecule has 0 aliphatic carbocycles. The Hall–Kier alpha value is -3.66. The van der Waals surface area contributed by atoms with Gasteiger partial charge < -0.3 is 5.32 Å². The van der Waals surface area contributed by atoms with Crippen LogP contribution in [0, 0.1) is 19.7 Å². The zero-order valence-electron chi connectivity index (χ0n) is 17.4. The zero-order chi connectivity index (χ0) is 23.3. The van der Waals surface area contributed by atoms with Crippen LogP contribution in [0.2, 0.25) is 0 Å². The number of sulfonamides is 1. The van der Waals surface area contributed by atoms with Crippen LogP contribution >= 0.6 is 0 Å². The summed E-state index contributed by atoms with van der Waals surface area (Å²) in [4.78, 5) is 32.3. The third-order valence-corrected chi connectivity index (χ3v) is 5.75. The summed E-state index contributed by atoms with van der Waals surface area (Å²) in [6, 6.07) is 12.4. The van der Waals surface area contributed by atoms with Crippen LogP contribution in [0.25, 0.3) is 0 Å². The Kier molecular flexibility index (Phi) is 6.94. The summed E-state index contributed by atoms with van der Waals surface area (Å²) >= 11 is 0. The number of carbonyl (C=O) groups excluding carboxylic acids is 2. The first-order chi connectivity index (χ1) is 15.1. The molecule has 0 saturated heterocycles. The maximum Gasteiger partial charge on any atom is 0.264 e. The maximum absolute atomic E-state index is 12.9. The second kappa shape index (κ2) is 9.65. The first-order valence-electron chi connectivity index (χ1n) is 9.66. The van der Waals surface area contributed by atoms with Crippen molar-refractivity contribution in [3.05, 3.63) is 77.4 Å². The van der Waals surface area contributed by atoms with Crippen molar-refractivity contribution in [2.75, 3.05) is 10.0 Å². The largest absolute Gasteiger partial charge is 0.326 e. The van der Waals surface area contributed by atoms with E-state index in [2.05, 4.69) is 20.0 Å². The molecule has 2 aromatic carbocycles. The van der Waals surface area contributed by atoms with E-state index < -0.39 is 21.7 Å². The molecular formula is C22H21FN4O4S. The van der Waals surface area contributed by atoms with Crippen molar-refractivity contribution in [1.29, 1.82) is 0 Å². The Bertz CT molecular complexity index is 1220. The molecule has 166 valence electrons. The topological polar surface area (TPSA) is 118 Å². The van der Waals surface area contributed by atoms with Crippen molar-refractivity contribution < 1.29 is 22.4 Å². The molecule has 0 aliphatic heterocycles. The van der Waals surface area contributed by atoms with Crippen molar-refractivity contribution in [1.82, 2.24) is 9.97 Å². The standard InChI is InChI=1S/C22H21FN4O4S/c1-14-13-15(2)25-22(24-14)27-32(30,31)19-9-7-18(8-10-19)26-21(29)12-11-20(28)16-3-5-17(23)6-4-16/h3-10,13H,11-12H2,1-2H3,(H,26,29)(H,24,25,27). The summed E-state index contributed by atoms with van der Waals surface area (Å²) < 4.78 is 40.4. The minimum Gasteiger partial charge on any atom is -0.326 e. The second-order valence-electron chi connectivity index (χ2n) is 7.08. The lowest BCUT2D eigenvalue weighted by atomic mass is 10.1. The third-order valence-electron chi connectivity index (χ3n) is 4.40. The van der Waals surface area contributed by atoms with E-state index in [1.165, 1.54) is 48.5 Å². The molecule has 1 aromatic heterocycles. The van der Waals surface area contributed by atoms with Crippen LogP contribution in [0.3, 0.4) is 0 Å². The predicted molar refractivity (Wildman–Crippen MR) is 117 cm³/mol. The van der Waals surface area contributed by atoms with E-state index in [-0.39, 0.29) is 29.5 Å². The highest BCUT2D eigenvalue weighted by Gasteiger charge is 2.16. The van der Waals surface area contributed by atoms with Gasteiger partial charge in [-0.3, -0.25) is 9.59 Å². The molecular weight excluding hydrogens is 435 g/mol. The van der Waals surface area contributed by atoms with E-state index in [1.54, 1.807) is 19.9 Å². The number of ketones is 1. The van der Waals surface area contributed by atoms with Crippen LogP contribution in [-0.2, 0) is 14.8 Å². The van der Waals surface area contributed by atoms with Gasteiger partial charge >= 0.3 is 0 Å². The van der Waals surface area contributed by atoms with E-state index in [4.69, 9.17) is 0 Å². The first-order valence-corrected chi connectivity index (χ1v) is 11.1. The lowest BCUT2D eigenvalue weighted by Gasteiger charge is -2.09.